The zero-order chi connectivity index (χ0) is 12.8. The Balaban J connectivity index is 2.27. The Labute approximate surface area is 120 Å². The lowest BCUT2D eigenvalue weighted by Gasteiger charge is -2.22. The number of anilines is 2. The third kappa shape index (κ3) is 3.39. The fourth-order valence-electron chi connectivity index (χ4n) is 1.58. The highest BCUT2D eigenvalue weighted by molar-refractivity contribution is 14.1. The van der Waals surface area contributed by atoms with E-state index in [2.05, 4.69) is 56.8 Å². The average molecular weight is 355 g/mol. The SMILES string of the molecule is COCCN(c1ccc(I)cc1)c1ncccn1. The second-order valence-corrected chi connectivity index (χ2v) is 4.92. The van der Waals surface area contributed by atoms with Crippen molar-refractivity contribution in [2.45, 2.75) is 0 Å². The Bertz CT molecular complexity index is 475. The summed E-state index contributed by atoms with van der Waals surface area (Å²) in [7, 11) is 1.69. The van der Waals surface area contributed by atoms with Gasteiger partial charge in [0, 0.05) is 35.3 Å². The Hall–Kier alpha value is -1.21. The molecule has 4 nitrogen and oxygen atoms in total. The van der Waals surface area contributed by atoms with Crippen molar-refractivity contribution < 1.29 is 4.74 Å². The second kappa shape index (κ2) is 6.65. The number of nitrogens with zero attached hydrogens (tertiary/aromatic N) is 3. The number of ether oxygens (including phenoxy) is 1. The van der Waals surface area contributed by atoms with Crippen molar-refractivity contribution in [3.63, 3.8) is 0 Å². The van der Waals surface area contributed by atoms with Crippen molar-refractivity contribution in [3.05, 3.63) is 46.3 Å². The summed E-state index contributed by atoms with van der Waals surface area (Å²) in [6, 6.07) is 10.1. The molecule has 0 unspecified atom stereocenters. The number of rotatable bonds is 5. The minimum Gasteiger partial charge on any atom is -0.383 e. The van der Waals surface area contributed by atoms with Gasteiger partial charge in [-0.3, -0.25) is 0 Å². The van der Waals surface area contributed by atoms with Gasteiger partial charge in [0.15, 0.2) is 0 Å². The standard InChI is InChI=1S/C13H14IN3O/c1-18-10-9-17(13-15-7-2-8-16-13)12-5-3-11(14)4-6-12/h2-8H,9-10H2,1H3. The summed E-state index contributed by atoms with van der Waals surface area (Å²) < 4.78 is 6.35. The van der Waals surface area contributed by atoms with Gasteiger partial charge in [-0.15, -0.1) is 0 Å². The van der Waals surface area contributed by atoms with Gasteiger partial charge in [-0.25, -0.2) is 9.97 Å². The van der Waals surface area contributed by atoms with Crippen LogP contribution in [0.4, 0.5) is 11.6 Å². The molecular weight excluding hydrogens is 341 g/mol. The summed E-state index contributed by atoms with van der Waals surface area (Å²) >= 11 is 2.29. The molecule has 5 heteroatoms. The first kappa shape index (κ1) is 13.2. The van der Waals surface area contributed by atoms with E-state index in [1.807, 2.05) is 11.0 Å². The highest BCUT2D eigenvalue weighted by Crippen LogP contribution is 2.22. The number of benzene rings is 1. The highest BCUT2D eigenvalue weighted by Gasteiger charge is 2.10. The molecule has 0 radical (unpaired) electrons. The normalized spacial score (nSPS) is 10.3. The molecule has 1 heterocycles. The third-order valence-corrected chi connectivity index (χ3v) is 3.17. The molecule has 0 spiro atoms. The van der Waals surface area contributed by atoms with E-state index in [1.165, 1.54) is 3.57 Å². The Morgan fingerprint density at radius 1 is 1.17 bits per heavy atom. The molecule has 0 atom stereocenters. The summed E-state index contributed by atoms with van der Waals surface area (Å²) in [6.45, 7) is 1.35. The predicted molar refractivity (Wildman–Crippen MR) is 80.1 cm³/mol. The molecular formula is C13H14IN3O. The number of aromatic nitrogens is 2. The quantitative estimate of drug-likeness (QED) is 0.774. The van der Waals surface area contributed by atoms with Crippen molar-refractivity contribution in [1.29, 1.82) is 0 Å². The third-order valence-electron chi connectivity index (χ3n) is 2.45. The first-order valence-electron chi connectivity index (χ1n) is 5.60. The molecule has 0 aliphatic rings. The summed E-state index contributed by atoms with van der Waals surface area (Å²) in [5, 5.41) is 0. The molecule has 0 fully saturated rings. The monoisotopic (exact) mass is 355 g/mol. The van der Waals surface area contributed by atoms with Gasteiger partial charge in [0.1, 0.15) is 0 Å². The van der Waals surface area contributed by atoms with E-state index in [1.54, 1.807) is 19.5 Å². The van der Waals surface area contributed by atoms with Gasteiger partial charge in [-0.2, -0.15) is 0 Å². The van der Waals surface area contributed by atoms with E-state index < -0.39 is 0 Å². The van der Waals surface area contributed by atoms with E-state index in [9.17, 15) is 0 Å². The van der Waals surface area contributed by atoms with Gasteiger partial charge in [0.2, 0.25) is 5.95 Å². The van der Waals surface area contributed by atoms with Crippen LogP contribution in [0, 0.1) is 3.57 Å². The highest BCUT2D eigenvalue weighted by atomic mass is 127. The number of hydrogen-bond donors (Lipinski definition) is 0. The molecule has 0 saturated carbocycles. The average Bonchev–Trinajstić information content (AvgIpc) is 2.42. The number of hydrogen-bond acceptors (Lipinski definition) is 4. The van der Waals surface area contributed by atoms with Gasteiger partial charge >= 0.3 is 0 Å². The molecule has 1 aromatic heterocycles. The van der Waals surface area contributed by atoms with Crippen LogP contribution in [0.15, 0.2) is 42.7 Å². The van der Waals surface area contributed by atoms with Gasteiger partial charge in [0.25, 0.3) is 0 Å². The molecule has 0 aliphatic heterocycles. The summed E-state index contributed by atoms with van der Waals surface area (Å²) in [5.74, 6) is 0.691. The molecule has 18 heavy (non-hydrogen) atoms. The lowest BCUT2D eigenvalue weighted by atomic mass is 10.3. The van der Waals surface area contributed by atoms with Crippen LogP contribution < -0.4 is 4.90 Å². The molecule has 0 saturated heterocycles. The largest absolute Gasteiger partial charge is 0.383 e. The van der Waals surface area contributed by atoms with Crippen LogP contribution in [0.2, 0.25) is 0 Å². The van der Waals surface area contributed by atoms with Crippen LogP contribution in [0.5, 0.6) is 0 Å². The van der Waals surface area contributed by atoms with Crippen LogP contribution in [0.3, 0.4) is 0 Å². The van der Waals surface area contributed by atoms with E-state index >= 15 is 0 Å². The van der Waals surface area contributed by atoms with Crippen molar-refractivity contribution in [1.82, 2.24) is 9.97 Å². The predicted octanol–water partition coefficient (Wildman–Crippen LogP) is 2.87. The smallest absolute Gasteiger partial charge is 0.229 e. The molecule has 0 N–H and O–H groups in total. The fraction of sp³-hybridized carbons (Fsp3) is 0.231. The van der Waals surface area contributed by atoms with Crippen LogP contribution in [0.1, 0.15) is 0 Å². The van der Waals surface area contributed by atoms with Crippen molar-refractivity contribution in [2.24, 2.45) is 0 Å². The molecule has 0 amide bonds. The molecule has 94 valence electrons. The zero-order valence-corrected chi connectivity index (χ0v) is 12.2. The van der Waals surface area contributed by atoms with Crippen LogP contribution in [-0.2, 0) is 4.74 Å². The van der Waals surface area contributed by atoms with E-state index in [4.69, 9.17) is 4.74 Å². The minimum absolute atomic E-state index is 0.629. The maximum atomic E-state index is 5.14. The van der Waals surface area contributed by atoms with Gasteiger partial charge in [0.05, 0.1) is 6.61 Å². The van der Waals surface area contributed by atoms with Crippen LogP contribution in [0.25, 0.3) is 0 Å². The van der Waals surface area contributed by atoms with Crippen molar-refractivity contribution in [2.75, 3.05) is 25.2 Å². The summed E-state index contributed by atoms with van der Waals surface area (Å²) in [6.07, 6.45) is 3.49. The summed E-state index contributed by atoms with van der Waals surface area (Å²) in [4.78, 5) is 10.6. The van der Waals surface area contributed by atoms with Gasteiger partial charge in [-0.1, -0.05) is 0 Å². The molecule has 2 rings (SSSR count). The van der Waals surface area contributed by atoms with Gasteiger partial charge in [-0.05, 0) is 52.9 Å². The van der Waals surface area contributed by atoms with E-state index in [0.717, 1.165) is 12.2 Å². The lowest BCUT2D eigenvalue weighted by Crippen LogP contribution is -2.23. The topological polar surface area (TPSA) is 38.2 Å². The first-order valence-corrected chi connectivity index (χ1v) is 6.68. The molecule has 1 aromatic carbocycles. The minimum atomic E-state index is 0.629. The maximum absolute atomic E-state index is 5.14. The zero-order valence-electron chi connectivity index (χ0n) is 10.1. The van der Waals surface area contributed by atoms with Crippen LogP contribution in [-0.4, -0.2) is 30.2 Å². The Kier molecular flexibility index (Phi) is 4.89. The fourth-order valence-corrected chi connectivity index (χ4v) is 1.94. The Morgan fingerprint density at radius 2 is 1.83 bits per heavy atom. The Morgan fingerprint density at radius 3 is 2.44 bits per heavy atom. The van der Waals surface area contributed by atoms with Gasteiger partial charge < -0.3 is 9.64 Å². The van der Waals surface area contributed by atoms with Crippen molar-refractivity contribution >= 4 is 34.2 Å². The van der Waals surface area contributed by atoms with E-state index in [0.29, 0.717) is 12.6 Å². The molecule has 2 aromatic rings. The lowest BCUT2D eigenvalue weighted by molar-refractivity contribution is 0.207. The molecule has 0 aliphatic carbocycles. The van der Waals surface area contributed by atoms with E-state index in [-0.39, 0.29) is 0 Å². The van der Waals surface area contributed by atoms with Crippen LogP contribution >= 0.6 is 22.6 Å². The van der Waals surface area contributed by atoms with Crippen molar-refractivity contribution in [3.8, 4) is 0 Å². The number of halogens is 1. The summed E-state index contributed by atoms with van der Waals surface area (Å²) in [5.41, 5.74) is 1.07. The number of methoxy groups -OCH3 is 1. The molecule has 0 bridgehead atoms. The second-order valence-electron chi connectivity index (χ2n) is 3.67. The maximum Gasteiger partial charge on any atom is 0.229 e. The first-order chi connectivity index (χ1) is 8.81.